The fourth-order valence-corrected chi connectivity index (χ4v) is 3.40. The van der Waals surface area contributed by atoms with E-state index in [2.05, 4.69) is 33.9 Å². The van der Waals surface area contributed by atoms with Gasteiger partial charge >= 0.3 is 0 Å². The zero-order valence-corrected chi connectivity index (χ0v) is 14.6. The number of likely N-dealkylation sites (tertiary alicyclic amines) is 1. The van der Waals surface area contributed by atoms with E-state index in [1.165, 1.54) is 25.7 Å². The topological polar surface area (TPSA) is 65.6 Å². The third-order valence-electron chi connectivity index (χ3n) is 5.19. The van der Waals surface area contributed by atoms with E-state index < -0.39 is 0 Å². The molecule has 1 aliphatic heterocycles. The SMILES string of the molecule is C[C@@H](O)CN1CCC(CN(C)[C@@H](C)c2nc(C3CC3)no2)CC1. The molecule has 0 amide bonds. The normalized spacial score (nSPS) is 23.3. The minimum Gasteiger partial charge on any atom is -0.392 e. The van der Waals surface area contributed by atoms with Crippen molar-refractivity contribution in [3.05, 3.63) is 11.7 Å². The summed E-state index contributed by atoms with van der Waals surface area (Å²) < 4.78 is 5.46. The van der Waals surface area contributed by atoms with Crippen molar-refractivity contribution in [1.29, 1.82) is 0 Å². The van der Waals surface area contributed by atoms with Gasteiger partial charge in [-0.2, -0.15) is 4.98 Å². The molecule has 1 saturated carbocycles. The van der Waals surface area contributed by atoms with E-state index in [-0.39, 0.29) is 12.1 Å². The van der Waals surface area contributed by atoms with E-state index in [4.69, 9.17) is 4.52 Å². The average Bonchev–Trinajstić information content (AvgIpc) is 3.25. The van der Waals surface area contributed by atoms with Gasteiger partial charge < -0.3 is 14.5 Å². The second-order valence-corrected chi connectivity index (χ2v) is 7.47. The summed E-state index contributed by atoms with van der Waals surface area (Å²) in [7, 11) is 2.15. The van der Waals surface area contributed by atoms with Crippen LogP contribution >= 0.6 is 0 Å². The number of aliphatic hydroxyl groups excluding tert-OH is 1. The van der Waals surface area contributed by atoms with E-state index in [0.717, 1.165) is 37.9 Å². The van der Waals surface area contributed by atoms with Crippen LogP contribution in [0.4, 0.5) is 0 Å². The van der Waals surface area contributed by atoms with E-state index in [1.807, 2.05) is 6.92 Å². The molecule has 2 fully saturated rings. The van der Waals surface area contributed by atoms with Crippen molar-refractivity contribution in [3.8, 4) is 0 Å². The third-order valence-corrected chi connectivity index (χ3v) is 5.19. The summed E-state index contributed by atoms with van der Waals surface area (Å²) in [4.78, 5) is 9.27. The maximum absolute atomic E-state index is 9.49. The Kier molecular flexibility index (Phi) is 5.34. The summed E-state index contributed by atoms with van der Waals surface area (Å²) in [6, 6.07) is 0.172. The van der Waals surface area contributed by atoms with Gasteiger partial charge in [0, 0.05) is 19.0 Å². The van der Waals surface area contributed by atoms with Gasteiger partial charge in [-0.3, -0.25) is 4.90 Å². The predicted molar refractivity (Wildman–Crippen MR) is 88.2 cm³/mol. The molecule has 0 bridgehead atoms. The Labute approximate surface area is 138 Å². The van der Waals surface area contributed by atoms with Crippen LogP contribution < -0.4 is 0 Å². The van der Waals surface area contributed by atoms with Crippen LogP contribution in [-0.2, 0) is 0 Å². The first-order valence-electron chi connectivity index (χ1n) is 8.97. The highest BCUT2D eigenvalue weighted by molar-refractivity contribution is 5.04. The number of rotatable bonds is 7. The Hall–Kier alpha value is -0.980. The number of aromatic nitrogens is 2. The molecular formula is C17H30N4O2. The molecule has 1 aliphatic carbocycles. The molecule has 6 heteroatoms. The van der Waals surface area contributed by atoms with Crippen LogP contribution in [0.3, 0.4) is 0 Å². The van der Waals surface area contributed by atoms with Crippen molar-refractivity contribution in [2.45, 2.75) is 57.6 Å². The molecule has 6 nitrogen and oxygen atoms in total. The second-order valence-electron chi connectivity index (χ2n) is 7.47. The number of nitrogens with zero attached hydrogens (tertiary/aromatic N) is 4. The monoisotopic (exact) mass is 322 g/mol. The summed E-state index contributed by atoms with van der Waals surface area (Å²) in [5.74, 6) is 2.90. The minimum absolute atomic E-state index is 0.172. The number of hydrogen-bond acceptors (Lipinski definition) is 6. The largest absolute Gasteiger partial charge is 0.392 e. The summed E-state index contributed by atoms with van der Waals surface area (Å²) in [5, 5.41) is 13.6. The molecule has 1 N–H and O–H groups in total. The van der Waals surface area contributed by atoms with Crippen LogP contribution in [0, 0.1) is 5.92 Å². The first kappa shape index (κ1) is 16.9. The highest BCUT2D eigenvalue weighted by Gasteiger charge is 2.30. The highest BCUT2D eigenvalue weighted by atomic mass is 16.5. The van der Waals surface area contributed by atoms with Crippen molar-refractivity contribution in [1.82, 2.24) is 19.9 Å². The van der Waals surface area contributed by atoms with Crippen LogP contribution in [0.25, 0.3) is 0 Å². The van der Waals surface area contributed by atoms with E-state index >= 15 is 0 Å². The predicted octanol–water partition coefficient (Wildman–Crippen LogP) is 2.03. The van der Waals surface area contributed by atoms with Crippen molar-refractivity contribution in [2.24, 2.45) is 5.92 Å². The molecule has 1 saturated heterocycles. The molecule has 2 atom stereocenters. The molecule has 2 heterocycles. The highest BCUT2D eigenvalue weighted by Crippen LogP contribution is 2.38. The Balaban J connectivity index is 1.45. The lowest BCUT2D eigenvalue weighted by Crippen LogP contribution is -2.41. The van der Waals surface area contributed by atoms with Crippen molar-refractivity contribution in [3.63, 3.8) is 0 Å². The van der Waals surface area contributed by atoms with Gasteiger partial charge in [-0.05, 0) is 65.6 Å². The van der Waals surface area contributed by atoms with Crippen molar-refractivity contribution >= 4 is 0 Å². The van der Waals surface area contributed by atoms with Crippen LogP contribution in [0.2, 0.25) is 0 Å². The molecular weight excluding hydrogens is 292 g/mol. The maximum Gasteiger partial charge on any atom is 0.243 e. The Morgan fingerprint density at radius 1 is 1.26 bits per heavy atom. The van der Waals surface area contributed by atoms with Gasteiger partial charge in [-0.25, -0.2) is 0 Å². The average molecular weight is 322 g/mol. The molecule has 3 rings (SSSR count). The lowest BCUT2D eigenvalue weighted by Gasteiger charge is -2.35. The fourth-order valence-electron chi connectivity index (χ4n) is 3.40. The molecule has 1 aromatic heterocycles. The molecule has 2 aliphatic rings. The van der Waals surface area contributed by atoms with E-state index in [1.54, 1.807) is 0 Å². The van der Waals surface area contributed by atoms with E-state index in [0.29, 0.717) is 11.8 Å². The van der Waals surface area contributed by atoms with Crippen LogP contribution in [0.15, 0.2) is 4.52 Å². The Bertz CT molecular complexity index is 493. The van der Waals surface area contributed by atoms with Crippen molar-refractivity contribution in [2.75, 3.05) is 33.2 Å². The summed E-state index contributed by atoms with van der Waals surface area (Å²) in [5.41, 5.74) is 0. The van der Waals surface area contributed by atoms with Crippen LogP contribution in [0.5, 0.6) is 0 Å². The standard InChI is InChI=1S/C17H30N4O2/c1-12(22)10-21-8-6-14(7-9-21)11-20(3)13(2)17-18-16(19-23-17)15-4-5-15/h12-15,22H,4-11H2,1-3H3/t12-,13+/m1/s1. The summed E-state index contributed by atoms with van der Waals surface area (Å²) >= 11 is 0. The van der Waals surface area contributed by atoms with Gasteiger partial charge in [0.15, 0.2) is 5.82 Å². The summed E-state index contributed by atoms with van der Waals surface area (Å²) in [6.45, 7) is 8.04. The molecule has 1 aromatic rings. The van der Waals surface area contributed by atoms with Gasteiger partial charge in [-0.15, -0.1) is 0 Å². The molecule has 0 spiro atoms. The molecule has 130 valence electrons. The van der Waals surface area contributed by atoms with Crippen LogP contribution in [-0.4, -0.2) is 64.4 Å². The van der Waals surface area contributed by atoms with Gasteiger partial charge in [0.25, 0.3) is 0 Å². The quantitative estimate of drug-likeness (QED) is 0.828. The van der Waals surface area contributed by atoms with Gasteiger partial charge in [0.2, 0.25) is 5.89 Å². The van der Waals surface area contributed by atoms with Crippen molar-refractivity contribution < 1.29 is 9.63 Å². The van der Waals surface area contributed by atoms with Gasteiger partial charge in [-0.1, -0.05) is 5.16 Å². The van der Waals surface area contributed by atoms with E-state index in [9.17, 15) is 5.11 Å². The lowest BCUT2D eigenvalue weighted by atomic mass is 9.95. The number of aliphatic hydroxyl groups is 1. The molecule has 0 unspecified atom stereocenters. The second kappa shape index (κ2) is 7.28. The minimum atomic E-state index is -0.229. The van der Waals surface area contributed by atoms with Gasteiger partial charge in [0.05, 0.1) is 12.1 Å². The molecule has 0 aromatic carbocycles. The lowest BCUT2D eigenvalue weighted by molar-refractivity contribution is 0.0860. The third kappa shape index (κ3) is 4.52. The number of piperidine rings is 1. The molecule has 0 radical (unpaired) electrons. The number of β-amino-alcohol motifs (C(OH)–C–C–N with tert-alkyl or cyclic N) is 1. The van der Waals surface area contributed by atoms with Gasteiger partial charge in [0.1, 0.15) is 0 Å². The first-order chi connectivity index (χ1) is 11.0. The zero-order valence-electron chi connectivity index (χ0n) is 14.6. The zero-order chi connectivity index (χ0) is 16.4. The Morgan fingerprint density at radius 2 is 1.96 bits per heavy atom. The number of hydrogen-bond donors (Lipinski definition) is 1. The maximum atomic E-state index is 9.49. The Morgan fingerprint density at radius 3 is 2.57 bits per heavy atom. The summed E-state index contributed by atoms with van der Waals surface area (Å²) in [6.07, 6.45) is 4.57. The molecule has 23 heavy (non-hydrogen) atoms. The fraction of sp³-hybridized carbons (Fsp3) is 0.882. The smallest absolute Gasteiger partial charge is 0.243 e. The first-order valence-corrected chi connectivity index (χ1v) is 8.97. The van der Waals surface area contributed by atoms with Crippen LogP contribution in [0.1, 0.15) is 63.2 Å².